The Balaban J connectivity index is 0.000000640. The zero-order chi connectivity index (χ0) is 5.82. The van der Waals surface area contributed by atoms with Gasteiger partial charge in [0, 0.05) is 0 Å². The molecular weight excluding hydrogens is 229 g/mol. The average molecular weight is 243 g/mol. The molecule has 0 unspecified atom stereocenters. The molecule has 1 saturated heterocycles. The van der Waals surface area contributed by atoms with E-state index in [-0.39, 0.29) is 24.0 Å². The zero-order valence-electron chi connectivity index (χ0n) is 5.82. The highest BCUT2D eigenvalue weighted by atomic mass is 127. The number of halogens is 1. The van der Waals surface area contributed by atoms with Crippen LogP contribution in [0, 0.1) is 0 Å². The van der Waals surface area contributed by atoms with Crippen LogP contribution in [0.4, 0.5) is 0 Å². The third-order valence-electron chi connectivity index (χ3n) is 1.70. The first-order valence-electron chi connectivity index (χ1n) is 3.32. The maximum Gasteiger partial charge on any atom is 0.107 e. The molecule has 3 heteroatoms. The highest BCUT2D eigenvalue weighted by Gasteiger charge is 2.11. The van der Waals surface area contributed by atoms with Crippen molar-refractivity contribution in [2.75, 3.05) is 20.2 Å². The van der Waals surface area contributed by atoms with Crippen molar-refractivity contribution < 1.29 is 33.9 Å². The van der Waals surface area contributed by atoms with Crippen LogP contribution in [-0.2, 0) is 4.84 Å². The van der Waals surface area contributed by atoms with Gasteiger partial charge in [-0.25, -0.2) is 4.84 Å². The summed E-state index contributed by atoms with van der Waals surface area (Å²) in [6, 6.07) is 0. The molecule has 9 heavy (non-hydrogen) atoms. The van der Waals surface area contributed by atoms with E-state index < -0.39 is 0 Å². The minimum atomic E-state index is 0. The van der Waals surface area contributed by atoms with Gasteiger partial charge in [-0.15, -0.1) is 0 Å². The van der Waals surface area contributed by atoms with Crippen molar-refractivity contribution in [2.45, 2.75) is 19.3 Å². The van der Waals surface area contributed by atoms with E-state index in [1.807, 2.05) is 0 Å². The second kappa shape index (κ2) is 5.44. The van der Waals surface area contributed by atoms with Crippen molar-refractivity contribution in [1.29, 1.82) is 0 Å². The largest absolute Gasteiger partial charge is 1.00 e. The molecule has 0 aromatic carbocycles. The molecule has 1 aliphatic heterocycles. The van der Waals surface area contributed by atoms with Crippen molar-refractivity contribution in [3.63, 3.8) is 0 Å². The number of quaternary nitrogens is 1. The van der Waals surface area contributed by atoms with Gasteiger partial charge < -0.3 is 24.0 Å². The van der Waals surface area contributed by atoms with Crippen LogP contribution in [0.2, 0.25) is 0 Å². The highest BCUT2D eigenvalue weighted by molar-refractivity contribution is 4.41. The molecule has 1 fully saturated rings. The fourth-order valence-electron chi connectivity index (χ4n) is 1.15. The van der Waals surface area contributed by atoms with Gasteiger partial charge in [0.25, 0.3) is 0 Å². The Kier molecular flexibility index (Phi) is 5.83. The van der Waals surface area contributed by atoms with Crippen LogP contribution in [0.25, 0.3) is 0 Å². The summed E-state index contributed by atoms with van der Waals surface area (Å²) in [6.45, 7) is 2.41. The van der Waals surface area contributed by atoms with E-state index in [9.17, 15) is 0 Å². The fraction of sp³-hybridized carbons (Fsp3) is 1.00. The quantitative estimate of drug-likeness (QED) is 0.474. The lowest BCUT2D eigenvalue weighted by atomic mass is 10.2. The Labute approximate surface area is 73.5 Å². The average Bonchev–Trinajstić information content (AvgIpc) is 1.90. The molecule has 1 heterocycles. The summed E-state index contributed by atoms with van der Waals surface area (Å²) in [5, 5.41) is 1.30. The molecule has 1 aliphatic rings. The molecule has 1 rings (SSSR count). The monoisotopic (exact) mass is 243 g/mol. The van der Waals surface area contributed by atoms with E-state index in [2.05, 4.69) is 0 Å². The molecule has 2 nitrogen and oxygen atoms in total. The van der Waals surface area contributed by atoms with Crippen molar-refractivity contribution in [3.05, 3.63) is 0 Å². The van der Waals surface area contributed by atoms with Gasteiger partial charge in [0.05, 0.1) is 7.11 Å². The number of hydrogen-bond donors (Lipinski definition) is 1. The van der Waals surface area contributed by atoms with Gasteiger partial charge in [-0.05, 0) is 19.3 Å². The number of piperidine rings is 1. The van der Waals surface area contributed by atoms with Crippen LogP contribution in [0.1, 0.15) is 19.3 Å². The van der Waals surface area contributed by atoms with E-state index in [0.717, 1.165) is 0 Å². The molecule has 0 saturated carbocycles. The number of hydrogen-bond acceptors (Lipinski definition) is 1. The fourth-order valence-corrected chi connectivity index (χ4v) is 1.15. The zero-order valence-corrected chi connectivity index (χ0v) is 7.98. The Hall–Kier alpha value is 0.650. The number of hydroxylamine groups is 2. The predicted octanol–water partition coefficient (Wildman–Crippen LogP) is -3.38. The topological polar surface area (TPSA) is 13.7 Å². The lowest BCUT2D eigenvalue weighted by Gasteiger charge is -2.18. The summed E-state index contributed by atoms with van der Waals surface area (Å²) in [5.74, 6) is 0. The molecule has 0 aromatic heterocycles. The Morgan fingerprint density at radius 2 is 1.67 bits per heavy atom. The third kappa shape index (κ3) is 3.37. The molecule has 0 spiro atoms. The van der Waals surface area contributed by atoms with Crippen molar-refractivity contribution in [1.82, 2.24) is 0 Å². The van der Waals surface area contributed by atoms with Gasteiger partial charge in [-0.3, -0.25) is 0 Å². The van der Waals surface area contributed by atoms with E-state index in [1.54, 1.807) is 7.11 Å². The van der Waals surface area contributed by atoms with Crippen LogP contribution in [0.5, 0.6) is 0 Å². The summed E-state index contributed by atoms with van der Waals surface area (Å²) in [4.78, 5) is 5.11. The summed E-state index contributed by atoms with van der Waals surface area (Å²) in [6.07, 6.45) is 4.07. The molecule has 0 bridgehead atoms. The van der Waals surface area contributed by atoms with Crippen molar-refractivity contribution in [3.8, 4) is 0 Å². The smallest absolute Gasteiger partial charge is 0.107 e. The predicted molar refractivity (Wildman–Crippen MR) is 31.6 cm³/mol. The maximum absolute atomic E-state index is 5.11. The molecule has 0 aromatic rings. The summed E-state index contributed by atoms with van der Waals surface area (Å²) in [7, 11) is 1.78. The van der Waals surface area contributed by atoms with E-state index in [4.69, 9.17) is 4.84 Å². The molecular formula is C6H14INO. The molecule has 56 valence electrons. The molecule has 0 radical (unpaired) electrons. The Morgan fingerprint density at radius 1 is 1.11 bits per heavy atom. The first-order chi connectivity index (χ1) is 3.93. The second-order valence-corrected chi connectivity index (χ2v) is 2.30. The van der Waals surface area contributed by atoms with Gasteiger partial charge in [0.15, 0.2) is 0 Å². The summed E-state index contributed by atoms with van der Waals surface area (Å²) in [5.41, 5.74) is 0. The van der Waals surface area contributed by atoms with Gasteiger partial charge in [-0.2, -0.15) is 5.06 Å². The van der Waals surface area contributed by atoms with Gasteiger partial charge in [-0.1, -0.05) is 0 Å². The molecule has 0 aliphatic carbocycles. The van der Waals surface area contributed by atoms with Crippen LogP contribution in [0.15, 0.2) is 0 Å². The van der Waals surface area contributed by atoms with Crippen LogP contribution < -0.4 is 29.0 Å². The normalized spacial score (nSPS) is 21.0. The second-order valence-electron chi connectivity index (χ2n) is 2.30. The van der Waals surface area contributed by atoms with Crippen LogP contribution >= 0.6 is 0 Å². The number of nitrogens with one attached hydrogen (secondary N) is 1. The molecule has 0 atom stereocenters. The van der Waals surface area contributed by atoms with Gasteiger partial charge in [0.2, 0.25) is 0 Å². The first kappa shape index (κ1) is 9.65. The lowest BCUT2D eigenvalue weighted by molar-refractivity contribution is -1.09. The van der Waals surface area contributed by atoms with Crippen LogP contribution in [-0.4, -0.2) is 20.2 Å². The minimum absolute atomic E-state index is 0. The highest BCUT2D eigenvalue weighted by Crippen LogP contribution is 1.93. The Bertz CT molecular complexity index is 64.1. The maximum atomic E-state index is 5.11. The van der Waals surface area contributed by atoms with E-state index in [0.29, 0.717) is 0 Å². The SMILES string of the molecule is CO[NH+]1CCCCC1.[I-]. The van der Waals surface area contributed by atoms with E-state index in [1.165, 1.54) is 37.4 Å². The summed E-state index contributed by atoms with van der Waals surface area (Å²) < 4.78 is 0. The Morgan fingerprint density at radius 3 is 2.00 bits per heavy atom. The lowest BCUT2D eigenvalue weighted by Crippen LogP contribution is -3.11. The van der Waals surface area contributed by atoms with Gasteiger partial charge >= 0.3 is 0 Å². The summed E-state index contributed by atoms with van der Waals surface area (Å²) >= 11 is 0. The van der Waals surface area contributed by atoms with Crippen molar-refractivity contribution >= 4 is 0 Å². The third-order valence-corrected chi connectivity index (χ3v) is 1.70. The standard InChI is InChI=1S/C6H13NO.HI/c1-8-7-5-3-2-4-6-7;/h2-6H2,1H3;1H. The minimum Gasteiger partial charge on any atom is -1.00 e. The van der Waals surface area contributed by atoms with Crippen LogP contribution in [0.3, 0.4) is 0 Å². The number of rotatable bonds is 1. The molecule has 1 N–H and O–H groups in total. The first-order valence-corrected chi connectivity index (χ1v) is 3.32. The van der Waals surface area contributed by atoms with Crippen molar-refractivity contribution in [2.24, 2.45) is 0 Å². The molecule has 0 amide bonds. The van der Waals surface area contributed by atoms with E-state index >= 15 is 0 Å². The van der Waals surface area contributed by atoms with Gasteiger partial charge in [0.1, 0.15) is 13.1 Å².